The molecular weight excluding hydrogens is 335 g/mol. The number of rotatable bonds is 3. The third-order valence-corrected chi connectivity index (χ3v) is 3.77. The number of hydrogen-bond donors (Lipinski definition) is 3. The smallest absolute Gasteiger partial charge is 0.388 e. The molecule has 0 heterocycles. The average molecular weight is 353 g/mol. The minimum Gasteiger partial charge on any atom is -0.388 e. The van der Waals surface area contributed by atoms with Crippen molar-refractivity contribution in [1.29, 1.82) is 0 Å². The third-order valence-electron chi connectivity index (χ3n) is 3.57. The molecule has 7 heteroatoms. The largest absolute Gasteiger partial charge is 0.416 e. The standard InChI is InChI=1S/C17H18F3N3S/c1-10-4-6-12(8-14(10)17(18,19)20)22-16(24)23-13-7-5-11(2)15(9-13)21-3/h4-9,21H,1-3H3,(H2,22,23,24). The molecule has 0 unspecified atom stereocenters. The quantitative estimate of drug-likeness (QED) is 0.665. The number of benzene rings is 2. The van der Waals surface area contributed by atoms with Gasteiger partial charge in [0.15, 0.2) is 5.11 Å². The molecule has 0 aliphatic heterocycles. The predicted octanol–water partition coefficient (Wildman–Crippen LogP) is 5.17. The van der Waals surface area contributed by atoms with Crippen LogP contribution in [0.1, 0.15) is 16.7 Å². The summed E-state index contributed by atoms with van der Waals surface area (Å²) in [5, 5.41) is 9.03. The van der Waals surface area contributed by atoms with Gasteiger partial charge in [0.1, 0.15) is 0 Å². The maximum Gasteiger partial charge on any atom is 0.416 e. The van der Waals surface area contributed by atoms with Crippen LogP contribution in [0.2, 0.25) is 0 Å². The van der Waals surface area contributed by atoms with E-state index in [1.165, 1.54) is 13.0 Å². The zero-order chi connectivity index (χ0) is 17.9. The summed E-state index contributed by atoms with van der Waals surface area (Å²) in [6.07, 6.45) is -4.39. The maximum atomic E-state index is 13.0. The molecule has 0 amide bonds. The van der Waals surface area contributed by atoms with Gasteiger partial charge in [-0.3, -0.25) is 0 Å². The normalized spacial score (nSPS) is 11.1. The second kappa shape index (κ2) is 7.09. The number of nitrogens with one attached hydrogen (secondary N) is 3. The van der Waals surface area contributed by atoms with Crippen molar-refractivity contribution in [3.63, 3.8) is 0 Å². The summed E-state index contributed by atoms with van der Waals surface area (Å²) in [6.45, 7) is 3.39. The molecule has 0 fully saturated rings. The fourth-order valence-electron chi connectivity index (χ4n) is 2.27. The van der Waals surface area contributed by atoms with Crippen molar-refractivity contribution in [2.45, 2.75) is 20.0 Å². The van der Waals surface area contributed by atoms with Crippen molar-refractivity contribution in [3.8, 4) is 0 Å². The Morgan fingerprint density at radius 3 is 2.00 bits per heavy atom. The van der Waals surface area contributed by atoms with E-state index in [1.54, 1.807) is 6.07 Å². The van der Waals surface area contributed by atoms with Gasteiger partial charge in [-0.05, 0) is 61.5 Å². The molecule has 0 aromatic heterocycles. The second-order valence-electron chi connectivity index (χ2n) is 5.39. The van der Waals surface area contributed by atoms with Crippen LogP contribution in [0.25, 0.3) is 0 Å². The van der Waals surface area contributed by atoms with Crippen LogP contribution in [0, 0.1) is 13.8 Å². The molecule has 0 bridgehead atoms. The van der Waals surface area contributed by atoms with Crippen LogP contribution < -0.4 is 16.0 Å². The molecule has 3 N–H and O–H groups in total. The van der Waals surface area contributed by atoms with Crippen LogP contribution in [-0.2, 0) is 6.18 Å². The Morgan fingerprint density at radius 1 is 0.917 bits per heavy atom. The lowest BCUT2D eigenvalue weighted by Crippen LogP contribution is -2.20. The van der Waals surface area contributed by atoms with Crippen molar-refractivity contribution < 1.29 is 13.2 Å². The highest BCUT2D eigenvalue weighted by Gasteiger charge is 2.32. The first-order valence-corrected chi connectivity index (χ1v) is 7.66. The molecule has 0 spiro atoms. The SMILES string of the molecule is CNc1cc(NC(=S)Nc2ccc(C)c(C(F)(F)F)c2)ccc1C. The van der Waals surface area contributed by atoms with Crippen molar-refractivity contribution in [3.05, 3.63) is 53.1 Å². The Morgan fingerprint density at radius 2 is 1.46 bits per heavy atom. The molecule has 3 nitrogen and oxygen atoms in total. The number of thiocarbonyl (C=S) groups is 1. The van der Waals surface area contributed by atoms with Crippen molar-refractivity contribution >= 4 is 34.4 Å². The summed E-state index contributed by atoms with van der Waals surface area (Å²) in [5.74, 6) is 0. The van der Waals surface area contributed by atoms with Crippen LogP contribution in [0.4, 0.5) is 30.2 Å². The van der Waals surface area contributed by atoms with Crippen LogP contribution in [0.5, 0.6) is 0 Å². The molecule has 0 saturated heterocycles. The number of halogens is 3. The fourth-order valence-corrected chi connectivity index (χ4v) is 2.50. The summed E-state index contributed by atoms with van der Waals surface area (Å²) in [5.41, 5.74) is 2.54. The number of alkyl halides is 3. The van der Waals surface area contributed by atoms with E-state index in [1.807, 2.05) is 32.2 Å². The molecule has 0 saturated carbocycles. The van der Waals surface area contributed by atoms with Crippen molar-refractivity contribution in [2.24, 2.45) is 0 Å². The van der Waals surface area contributed by atoms with Gasteiger partial charge >= 0.3 is 6.18 Å². The zero-order valence-electron chi connectivity index (χ0n) is 13.5. The highest BCUT2D eigenvalue weighted by atomic mass is 32.1. The lowest BCUT2D eigenvalue weighted by atomic mass is 10.1. The number of anilines is 3. The number of hydrogen-bond acceptors (Lipinski definition) is 2. The van der Waals surface area contributed by atoms with E-state index in [4.69, 9.17) is 12.2 Å². The second-order valence-corrected chi connectivity index (χ2v) is 5.79. The van der Waals surface area contributed by atoms with Gasteiger partial charge in [0.05, 0.1) is 5.56 Å². The summed E-state index contributed by atoms with van der Waals surface area (Å²) in [4.78, 5) is 0. The lowest BCUT2D eigenvalue weighted by molar-refractivity contribution is -0.138. The van der Waals surface area contributed by atoms with Crippen LogP contribution in [0.15, 0.2) is 36.4 Å². The molecule has 0 atom stereocenters. The minimum absolute atomic E-state index is 0.170. The van der Waals surface area contributed by atoms with Gasteiger partial charge in [-0.2, -0.15) is 13.2 Å². The molecule has 0 aliphatic carbocycles. The van der Waals surface area contributed by atoms with E-state index in [0.717, 1.165) is 23.0 Å². The summed E-state index contributed by atoms with van der Waals surface area (Å²) in [7, 11) is 1.81. The van der Waals surface area contributed by atoms with Gasteiger partial charge in [0.2, 0.25) is 0 Å². The Balaban J connectivity index is 2.13. The first kappa shape index (κ1) is 18.1. The average Bonchev–Trinajstić information content (AvgIpc) is 2.50. The van der Waals surface area contributed by atoms with Gasteiger partial charge in [0.25, 0.3) is 0 Å². The van der Waals surface area contributed by atoms with E-state index in [2.05, 4.69) is 16.0 Å². The Bertz CT molecular complexity index is 757. The molecule has 128 valence electrons. The molecule has 2 aromatic rings. The van der Waals surface area contributed by atoms with E-state index in [-0.39, 0.29) is 16.4 Å². The number of aryl methyl sites for hydroxylation is 2. The molecular formula is C17H18F3N3S. The van der Waals surface area contributed by atoms with E-state index >= 15 is 0 Å². The first-order valence-electron chi connectivity index (χ1n) is 7.25. The van der Waals surface area contributed by atoms with Gasteiger partial charge in [-0.15, -0.1) is 0 Å². The minimum atomic E-state index is -4.39. The molecule has 0 aliphatic rings. The monoisotopic (exact) mass is 353 g/mol. The van der Waals surface area contributed by atoms with Crippen molar-refractivity contribution in [1.82, 2.24) is 0 Å². The summed E-state index contributed by atoms with van der Waals surface area (Å²) < 4.78 is 38.9. The van der Waals surface area contributed by atoms with E-state index < -0.39 is 11.7 Å². The summed E-state index contributed by atoms with van der Waals surface area (Å²) >= 11 is 5.18. The Labute approximate surface area is 144 Å². The highest BCUT2D eigenvalue weighted by molar-refractivity contribution is 7.80. The third kappa shape index (κ3) is 4.38. The van der Waals surface area contributed by atoms with Gasteiger partial charge < -0.3 is 16.0 Å². The first-order chi connectivity index (χ1) is 11.2. The lowest BCUT2D eigenvalue weighted by Gasteiger charge is -2.15. The molecule has 2 rings (SSSR count). The van der Waals surface area contributed by atoms with Crippen LogP contribution in [0.3, 0.4) is 0 Å². The van der Waals surface area contributed by atoms with Crippen molar-refractivity contribution in [2.75, 3.05) is 23.0 Å². The zero-order valence-corrected chi connectivity index (χ0v) is 14.3. The molecule has 24 heavy (non-hydrogen) atoms. The molecule has 0 radical (unpaired) electrons. The fraction of sp³-hybridized carbons (Fsp3) is 0.235. The van der Waals surface area contributed by atoms with Gasteiger partial charge in [0, 0.05) is 24.1 Å². The summed E-state index contributed by atoms with van der Waals surface area (Å²) in [6, 6.07) is 9.67. The Kier molecular flexibility index (Phi) is 5.33. The van der Waals surface area contributed by atoms with E-state index in [0.29, 0.717) is 0 Å². The highest BCUT2D eigenvalue weighted by Crippen LogP contribution is 2.33. The van der Waals surface area contributed by atoms with E-state index in [9.17, 15) is 13.2 Å². The van der Waals surface area contributed by atoms with Gasteiger partial charge in [-0.25, -0.2) is 0 Å². The van der Waals surface area contributed by atoms with Crippen LogP contribution >= 0.6 is 12.2 Å². The Hall–Kier alpha value is -2.28. The van der Waals surface area contributed by atoms with Crippen LogP contribution in [-0.4, -0.2) is 12.2 Å². The van der Waals surface area contributed by atoms with Gasteiger partial charge in [-0.1, -0.05) is 12.1 Å². The maximum absolute atomic E-state index is 13.0. The predicted molar refractivity (Wildman–Crippen MR) is 96.8 cm³/mol. The topological polar surface area (TPSA) is 36.1 Å². The molecule has 2 aromatic carbocycles.